The molecule has 0 aromatic heterocycles. The van der Waals surface area contributed by atoms with Gasteiger partial charge in [-0.2, -0.15) is 0 Å². The van der Waals surface area contributed by atoms with Crippen LogP contribution in [0.3, 0.4) is 0 Å². The fourth-order valence-corrected chi connectivity index (χ4v) is 2.57. The lowest BCUT2D eigenvalue weighted by molar-refractivity contribution is -0.121. The summed E-state index contributed by atoms with van der Waals surface area (Å²) in [5.74, 6) is 0.593. The minimum absolute atomic E-state index is 0.0801. The van der Waals surface area contributed by atoms with Gasteiger partial charge in [-0.25, -0.2) is 0 Å². The van der Waals surface area contributed by atoms with Crippen molar-refractivity contribution in [2.45, 2.75) is 32.7 Å². The average Bonchev–Trinajstić information content (AvgIpc) is 2.47. The molecule has 0 aliphatic carbocycles. The van der Waals surface area contributed by atoms with Crippen molar-refractivity contribution in [1.29, 1.82) is 0 Å². The Bertz CT molecular complexity index is 461. The molecule has 4 nitrogen and oxygen atoms in total. The molecule has 1 heterocycles. The van der Waals surface area contributed by atoms with Gasteiger partial charge in [-0.15, -0.1) is 0 Å². The van der Waals surface area contributed by atoms with Gasteiger partial charge in [0, 0.05) is 31.9 Å². The van der Waals surface area contributed by atoms with Crippen molar-refractivity contribution in [2.24, 2.45) is 0 Å². The van der Waals surface area contributed by atoms with Gasteiger partial charge < -0.3 is 10.2 Å². The van der Waals surface area contributed by atoms with Crippen LogP contribution in [0.4, 0.5) is 5.69 Å². The van der Waals surface area contributed by atoms with Crippen molar-refractivity contribution < 1.29 is 4.79 Å². The molecule has 1 aliphatic heterocycles. The molecule has 1 amide bonds. The second kappa shape index (κ2) is 7.05. The summed E-state index contributed by atoms with van der Waals surface area (Å²) in [7, 11) is 2.12. The monoisotopic (exact) mass is 289 g/mol. The number of nitrogens with one attached hydrogen (secondary N) is 1. The van der Waals surface area contributed by atoms with E-state index in [0.29, 0.717) is 5.92 Å². The van der Waals surface area contributed by atoms with E-state index in [2.05, 4.69) is 48.1 Å². The van der Waals surface area contributed by atoms with Crippen molar-refractivity contribution in [3.63, 3.8) is 0 Å². The summed E-state index contributed by atoms with van der Waals surface area (Å²) in [4.78, 5) is 16.9. The molecule has 4 heteroatoms. The molecule has 0 bridgehead atoms. The molecule has 0 spiro atoms. The van der Waals surface area contributed by atoms with Crippen LogP contribution >= 0.6 is 0 Å². The van der Waals surface area contributed by atoms with Gasteiger partial charge >= 0.3 is 0 Å². The van der Waals surface area contributed by atoms with Gasteiger partial charge in [0.15, 0.2) is 0 Å². The lowest BCUT2D eigenvalue weighted by Crippen LogP contribution is -2.51. The molecule has 0 radical (unpaired) electrons. The summed E-state index contributed by atoms with van der Waals surface area (Å²) in [6.07, 6.45) is 0. The van der Waals surface area contributed by atoms with E-state index in [-0.39, 0.29) is 11.9 Å². The quantitative estimate of drug-likeness (QED) is 0.924. The molecule has 1 N–H and O–H groups in total. The zero-order valence-electron chi connectivity index (χ0n) is 13.6. The minimum Gasteiger partial charge on any atom is -0.325 e. The molecule has 1 aliphatic rings. The van der Waals surface area contributed by atoms with Gasteiger partial charge in [0.2, 0.25) is 5.91 Å². The van der Waals surface area contributed by atoms with E-state index < -0.39 is 0 Å². The van der Waals surface area contributed by atoms with Crippen LogP contribution in [0.2, 0.25) is 0 Å². The minimum atomic E-state index is -0.0801. The zero-order valence-corrected chi connectivity index (χ0v) is 13.6. The molecule has 1 aromatic rings. The molecule has 116 valence electrons. The van der Waals surface area contributed by atoms with Gasteiger partial charge in [0.05, 0.1) is 6.04 Å². The standard InChI is InChI=1S/C17H27N3O/c1-13(2)15-5-7-16(8-6-15)18-17(21)14(3)20-11-9-19(4)10-12-20/h5-8,13-14H,9-12H2,1-4H3,(H,18,21)/t14-/m0/s1. The summed E-state index contributed by atoms with van der Waals surface area (Å²) in [6, 6.07) is 8.07. The topological polar surface area (TPSA) is 35.6 Å². The molecule has 21 heavy (non-hydrogen) atoms. The molecule has 1 atom stereocenters. The van der Waals surface area contributed by atoms with E-state index in [9.17, 15) is 4.79 Å². The maximum Gasteiger partial charge on any atom is 0.241 e. The summed E-state index contributed by atoms with van der Waals surface area (Å²) in [5.41, 5.74) is 2.17. The van der Waals surface area contributed by atoms with Gasteiger partial charge in [0.1, 0.15) is 0 Å². The summed E-state index contributed by atoms with van der Waals surface area (Å²) < 4.78 is 0. The van der Waals surface area contributed by atoms with E-state index in [1.807, 2.05) is 19.1 Å². The second-order valence-corrected chi connectivity index (χ2v) is 6.28. The van der Waals surface area contributed by atoms with E-state index >= 15 is 0 Å². The smallest absolute Gasteiger partial charge is 0.241 e. The van der Waals surface area contributed by atoms with Crippen LogP contribution in [0.25, 0.3) is 0 Å². The Morgan fingerprint density at radius 1 is 1.05 bits per heavy atom. The number of carbonyl (C=O) groups is 1. The first-order chi connectivity index (χ1) is 9.97. The Labute approximate surface area is 128 Å². The number of nitrogens with zero attached hydrogens (tertiary/aromatic N) is 2. The highest BCUT2D eigenvalue weighted by Gasteiger charge is 2.24. The maximum absolute atomic E-state index is 12.3. The predicted octanol–water partition coefficient (Wildman–Crippen LogP) is 2.38. The zero-order chi connectivity index (χ0) is 15.4. The molecule has 2 rings (SSSR count). The Kier molecular flexibility index (Phi) is 5.37. The molecule has 1 fully saturated rings. The van der Waals surface area contributed by atoms with Crippen LogP contribution in [0, 0.1) is 0 Å². The van der Waals surface area contributed by atoms with E-state index in [0.717, 1.165) is 31.9 Å². The van der Waals surface area contributed by atoms with E-state index in [4.69, 9.17) is 0 Å². The van der Waals surface area contributed by atoms with E-state index in [1.54, 1.807) is 0 Å². The van der Waals surface area contributed by atoms with Gasteiger partial charge in [-0.3, -0.25) is 9.69 Å². The molecule has 0 unspecified atom stereocenters. The first-order valence-corrected chi connectivity index (χ1v) is 7.81. The third-order valence-electron chi connectivity index (χ3n) is 4.31. The largest absolute Gasteiger partial charge is 0.325 e. The van der Waals surface area contributed by atoms with Crippen LogP contribution in [0.15, 0.2) is 24.3 Å². The number of rotatable bonds is 4. The SMILES string of the molecule is CC(C)c1ccc(NC(=O)[C@H](C)N2CCN(C)CC2)cc1. The lowest BCUT2D eigenvalue weighted by Gasteiger charge is -2.35. The highest BCUT2D eigenvalue weighted by Crippen LogP contribution is 2.17. The number of anilines is 1. The third-order valence-corrected chi connectivity index (χ3v) is 4.31. The molecule has 1 saturated heterocycles. The Morgan fingerprint density at radius 2 is 1.62 bits per heavy atom. The lowest BCUT2D eigenvalue weighted by atomic mass is 10.0. The molecule has 1 aromatic carbocycles. The van der Waals surface area contributed by atoms with Crippen molar-refractivity contribution in [3.05, 3.63) is 29.8 Å². The van der Waals surface area contributed by atoms with Crippen molar-refractivity contribution in [2.75, 3.05) is 38.5 Å². The van der Waals surface area contributed by atoms with Crippen LogP contribution in [-0.2, 0) is 4.79 Å². The Morgan fingerprint density at radius 3 is 2.14 bits per heavy atom. The average molecular weight is 289 g/mol. The van der Waals surface area contributed by atoms with Crippen molar-refractivity contribution in [1.82, 2.24) is 9.80 Å². The highest BCUT2D eigenvalue weighted by atomic mass is 16.2. The molecular weight excluding hydrogens is 262 g/mol. The third kappa shape index (κ3) is 4.29. The number of hydrogen-bond donors (Lipinski definition) is 1. The second-order valence-electron chi connectivity index (χ2n) is 6.28. The number of likely N-dealkylation sites (N-methyl/N-ethyl adjacent to an activating group) is 1. The summed E-state index contributed by atoms with van der Waals surface area (Å²) in [5, 5.41) is 3.02. The van der Waals surface area contributed by atoms with Gasteiger partial charge in [0.25, 0.3) is 0 Å². The van der Waals surface area contributed by atoms with Gasteiger partial charge in [-0.05, 0) is 37.6 Å². The normalized spacial score (nSPS) is 18.7. The van der Waals surface area contributed by atoms with Crippen molar-refractivity contribution in [3.8, 4) is 0 Å². The van der Waals surface area contributed by atoms with Crippen LogP contribution < -0.4 is 5.32 Å². The predicted molar refractivity (Wildman–Crippen MR) is 87.7 cm³/mol. The first-order valence-electron chi connectivity index (χ1n) is 7.81. The van der Waals surface area contributed by atoms with E-state index in [1.165, 1.54) is 5.56 Å². The number of amides is 1. The highest BCUT2D eigenvalue weighted by molar-refractivity contribution is 5.94. The number of hydrogen-bond acceptors (Lipinski definition) is 3. The Balaban J connectivity index is 1.91. The number of piperazine rings is 1. The molecular formula is C17H27N3O. The van der Waals surface area contributed by atoms with Gasteiger partial charge in [-0.1, -0.05) is 26.0 Å². The summed E-state index contributed by atoms with van der Waals surface area (Å²) >= 11 is 0. The number of benzene rings is 1. The van der Waals surface area contributed by atoms with Crippen LogP contribution in [-0.4, -0.2) is 55.0 Å². The number of carbonyl (C=O) groups excluding carboxylic acids is 1. The molecule has 0 saturated carbocycles. The first kappa shape index (κ1) is 16.0. The fourth-order valence-electron chi connectivity index (χ4n) is 2.57. The van der Waals surface area contributed by atoms with Crippen molar-refractivity contribution >= 4 is 11.6 Å². The summed E-state index contributed by atoms with van der Waals surface area (Å²) in [6.45, 7) is 10.3. The Hall–Kier alpha value is -1.39. The van der Waals surface area contributed by atoms with Crippen LogP contribution in [0.5, 0.6) is 0 Å². The fraction of sp³-hybridized carbons (Fsp3) is 0.588. The maximum atomic E-state index is 12.3. The van der Waals surface area contributed by atoms with Crippen LogP contribution in [0.1, 0.15) is 32.3 Å².